The molecule has 7 heteroatoms. The monoisotopic (exact) mass is 333 g/mol. The van der Waals surface area contributed by atoms with E-state index in [-0.39, 0.29) is 5.91 Å². The molecular weight excluding hydrogens is 314 g/mol. The van der Waals surface area contributed by atoms with Gasteiger partial charge in [-0.05, 0) is 39.2 Å². The third-order valence-electron chi connectivity index (χ3n) is 3.04. The molecule has 0 aliphatic rings. The first kappa shape index (κ1) is 17.1. The van der Waals surface area contributed by atoms with Crippen molar-refractivity contribution in [3.8, 4) is 0 Å². The molecule has 0 fully saturated rings. The van der Waals surface area contributed by atoms with Crippen LogP contribution in [-0.4, -0.2) is 43.0 Å². The molecule has 0 aliphatic carbocycles. The van der Waals surface area contributed by atoms with Crippen molar-refractivity contribution in [3.63, 3.8) is 0 Å². The third kappa shape index (κ3) is 4.37. The number of nitrogens with one attached hydrogen (secondary N) is 1. The topological polar surface area (TPSA) is 71.5 Å². The number of hydrogen-bond donors (Lipinski definition) is 1. The first-order valence-corrected chi connectivity index (χ1v) is 7.83. The SMILES string of the molecule is COC(=O)c1cccc(NC(=O)c2sc(CN(C)C)nc2C)c1. The Bertz CT molecular complexity index is 725. The van der Waals surface area contributed by atoms with Gasteiger partial charge in [-0.25, -0.2) is 9.78 Å². The van der Waals surface area contributed by atoms with Gasteiger partial charge in [0.2, 0.25) is 0 Å². The lowest BCUT2D eigenvalue weighted by atomic mass is 10.2. The van der Waals surface area contributed by atoms with E-state index in [0.29, 0.717) is 28.4 Å². The lowest BCUT2D eigenvalue weighted by Gasteiger charge is -2.06. The van der Waals surface area contributed by atoms with Crippen LogP contribution in [0.25, 0.3) is 0 Å². The highest BCUT2D eigenvalue weighted by Gasteiger charge is 2.16. The molecule has 0 saturated heterocycles. The second kappa shape index (κ2) is 7.34. The average molecular weight is 333 g/mol. The number of rotatable bonds is 5. The first-order chi connectivity index (χ1) is 10.9. The average Bonchev–Trinajstić information content (AvgIpc) is 2.86. The van der Waals surface area contributed by atoms with Crippen molar-refractivity contribution in [2.75, 3.05) is 26.5 Å². The molecule has 1 aromatic carbocycles. The highest BCUT2D eigenvalue weighted by Crippen LogP contribution is 2.21. The van der Waals surface area contributed by atoms with Gasteiger partial charge in [0, 0.05) is 12.2 Å². The minimum absolute atomic E-state index is 0.230. The molecule has 1 aromatic heterocycles. The Morgan fingerprint density at radius 3 is 2.74 bits per heavy atom. The number of aromatic nitrogens is 1. The van der Waals surface area contributed by atoms with E-state index < -0.39 is 5.97 Å². The van der Waals surface area contributed by atoms with Gasteiger partial charge >= 0.3 is 5.97 Å². The quantitative estimate of drug-likeness (QED) is 0.852. The second-order valence-corrected chi connectivity index (χ2v) is 6.37. The molecule has 0 atom stereocenters. The third-order valence-corrected chi connectivity index (χ3v) is 4.18. The fourth-order valence-electron chi connectivity index (χ4n) is 2.03. The van der Waals surface area contributed by atoms with E-state index in [1.807, 2.05) is 25.9 Å². The van der Waals surface area contributed by atoms with Gasteiger partial charge in [-0.15, -0.1) is 11.3 Å². The van der Waals surface area contributed by atoms with Crippen LogP contribution in [0.15, 0.2) is 24.3 Å². The molecule has 0 aliphatic heterocycles. The predicted octanol–water partition coefficient (Wildman–Crippen LogP) is 2.55. The molecule has 0 unspecified atom stereocenters. The smallest absolute Gasteiger partial charge is 0.337 e. The van der Waals surface area contributed by atoms with Crippen LogP contribution in [0.1, 0.15) is 30.7 Å². The minimum Gasteiger partial charge on any atom is -0.465 e. The van der Waals surface area contributed by atoms with E-state index >= 15 is 0 Å². The molecular formula is C16H19N3O3S. The molecule has 0 saturated carbocycles. The Morgan fingerprint density at radius 1 is 1.35 bits per heavy atom. The molecule has 0 spiro atoms. The Hall–Kier alpha value is -2.25. The maximum atomic E-state index is 12.4. The number of benzene rings is 1. The van der Waals surface area contributed by atoms with Crippen LogP contribution in [0.5, 0.6) is 0 Å². The molecule has 0 radical (unpaired) electrons. The van der Waals surface area contributed by atoms with Gasteiger partial charge in [0.15, 0.2) is 0 Å². The van der Waals surface area contributed by atoms with Gasteiger partial charge < -0.3 is 15.0 Å². The zero-order chi connectivity index (χ0) is 17.0. The zero-order valence-electron chi connectivity index (χ0n) is 13.5. The highest BCUT2D eigenvalue weighted by atomic mass is 32.1. The number of amides is 1. The van der Waals surface area contributed by atoms with Crippen molar-refractivity contribution in [1.29, 1.82) is 0 Å². The molecule has 6 nitrogen and oxygen atoms in total. The van der Waals surface area contributed by atoms with Crippen molar-refractivity contribution in [1.82, 2.24) is 9.88 Å². The summed E-state index contributed by atoms with van der Waals surface area (Å²) in [5.74, 6) is -0.671. The predicted molar refractivity (Wildman–Crippen MR) is 90.0 cm³/mol. The van der Waals surface area contributed by atoms with Crippen LogP contribution in [0.4, 0.5) is 5.69 Å². The van der Waals surface area contributed by atoms with Crippen LogP contribution in [0.3, 0.4) is 0 Å². The Balaban J connectivity index is 2.16. The van der Waals surface area contributed by atoms with E-state index in [1.54, 1.807) is 24.3 Å². The van der Waals surface area contributed by atoms with Crippen LogP contribution >= 0.6 is 11.3 Å². The van der Waals surface area contributed by atoms with Gasteiger partial charge in [0.05, 0.1) is 18.4 Å². The van der Waals surface area contributed by atoms with E-state index in [2.05, 4.69) is 15.0 Å². The van der Waals surface area contributed by atoms with E-state index in [9.17, 15) is 9.59 Å². The number of ether oxygens (including phenoxy) is 1. The molecule has 2 aromatic rings. The minimum atomic E-state index is -0.441. The van der Waals surface area contributed by atoms with E-state index in [1.165, 1.54) is 18.4 Å². The molecule has 1 N–H and O–H groups in total. The summed E-state index contributed by atoms with van der Waals surface area (Å²) in [6.07, 6.45) is 0. The van der Waals surface area contributed by atoms with Crippen LogP contribution < -0.4 is 5.32 Å². The lowest BCUT2D eigenvalue weighted by molar-refractivity contribution is 0.0600. The van der Waals surface area contributed by atoms with Gasteiger partial charge in [-0.3, -0.25) is 4.79 Å². The van der Waals surface area contributed by atoms with Crippen LogP contribution in [-0.2, 0) is 11.3 Å². The summed E-state index contributed by atoms with van der Waals surface area (Å²) in [4.78, 5) is 30.9. The number of carbonyl (C=O) groups is 2. The molecule has 23 heavy (non-hydrogen) atoms. The number of thiazole rings is 1. The fourth-order valence-corrected chi connectivity index (χ4v) is 3.11. The number of nitrogens with zero attached hydrogens (tertiary/aromatic N) is 2. The van der Waals surface area contributed by atoms with Crippen molar-refractivity contribution in [3.05, 3.63) is 45.4 Å². The number of aryl methyl sites for hydroxylation is 1. The molecule has 1 amide bonds. The maximum Gasteiger partial charge on any atom is 0.337 e. The van der Waals surface area contributed by atoms with Crippen molar-refractivity contribution in [2.24, 2.45) is 0 Å². The largest absolute Gasteiger partial charge is 0.465 e. The Morgan fingerprint density at radius 2 is 2.09 bits per heavy atom. The summed E-state index contributed by atoms with van der Waals surface area (Å²) >= 11 is 1.37. The fraction of sp³-hybridized carbons (Fsp3) is 0.312. The first-order valence-electron chi connectivity index (χ1n) is 7.01. The highest BCUT2D eigenvalue weighted by molar-refractivity contribution is 7.13. The summed E-state index contributed by atoms with van der Waals surface area (Å²) in [6.45, 7) is 2.51. The van der Waals surface area contributed by atoms with Gasteiger partial charge in [0.1, 0.15) is 9.88 Å². The summed E-state index contributed by atoms with van der Waals surface area (Å²) < 4.78 is 4.68. The van der Waals surface area contributed by atoms with Crippen molar-refractivity contribution in [2.45, 2.75) is 13.5 Å². The van der Waals surface area contributed by atoms with Gasteiger partial charge in [-0.2, -0.15) is 0 Å². The second-order valence-electron chi connectivity index (χ2n) is 5.29. The van der Waals surface area contributed by atoms with Crippen LogP contribution in [0, 0.1) is 6.92 Å². The Labute approximate surface area is 139 Å². The number of esters is 1. The summed E-state index contributed by atoms with van der Waals surface area (Å²) in [5, 5.41) is 3.68. The summed E-state index contributed by atoms with van der Waals surface area (Å²) in [5.41, 5.74) is 1.63. The number of methoxy groups -OCH3 is 1. The van der Waals surface area contributed by atoms with Crippen molar-refractivity contribution < 1.29 is 14.3 Å². The zero-order valence-corrected chi connectivity index (χ0v) is 14.4. The molecule has 0 bridgehead atoms. The van der Waals surface area contributed by atoms with Gasteiger partial charge in [0.25, 0.3) is 5.91 Å². The van der Waals surface area contributed by atoms with Crippen LogP contribution in [0.2, 0.25) is 0 Å². The molecule has 2 rings (SSSR count). The van der Waals surface area contributed by atoms with Gasteiger partial charge in [-0.1, -0.05) is 6.07 Å². The summed E-state index contributed by atoms with van der Waals surface area (Å²) in [7, 11) is 5.23. The van der Waals surface area contributed by atoms with E-state index in [4.69, 9.17) is 0 Å². The summed E-state index contributed by atoms with van der Waals surface area (Å²) in [6, 6.07) is 6.63. The normalized spacial score (nSPS) is 10.7. The lowest BCUT2D eigenvalue weighted by Crippen LogP contribution is -2.12. The maximum absolute atomic E-state index is 12.4. The van der Waals surface area contributed by atoms with Crippen molar-refractivity contribution >= 4 is 28.9 Å². The van der Waals surface area contributed by atoms with E-state index in [0.717, 1.165) is 5.01 Å². The molecule has 122 valence electrons. The number of carbonyl (C=O) groups excluding carboxylic acids is 2. The number of hydrogen-bond acceptors (Lipinski definition) is 6. The Kier molecular flexibility index (Phi) is 5.46. The number of anilines is 1. The molecule has 1 heterocycles. The standard InChI is InChI=1S/C16H19N3O3S/c1-10-14(23-13(17-10)9-19(2)3)15(20)18-12-7-5-6-11(8-12)16(21)22-4/h5-8H,9H2,1-4H3,(H,18,20).